The van der Waals surface area contributed by atoms with Crippen molar-refractivity contribution in [3.05, 3.63) is 194 Å². The smallest absolute Gasteiger partial charge is 0.103 e. The highest BCUT2D eigenvalue weighted by atomic mass is 32.2. The lowest BCUT2D eigenvalue weighted by atomic mass is 10.0. The van der Waals surface area contributed by atoms with Gasteiger partial charge in [-0.15, -0.1) is 0 Å². The van der Waals surface area contributed by atoms with Gasteiger partial charge < -0.3 is 14.5 Å². The molecule has 0 saturated carbocycles. The van der Waals surface area contributed by atoms with Crippen LogP contribution in [0.25, 0.3) is 77.2 Å². The zero-order chi connectivity index (χ0) is 34.9. The van der Waals surface area contributed by atoms with Gasteiger partial charge in [-0.1, -0.05) is 139 Å². The van der Waals surface area contributed by atoms with Gasteiger partial charge in [-0.3, -0.25) is 0 Å². The Balaban J connectivity index is 1.03. The molecular weight excluding hydrogens is 663 g/mol. The summed E-state index contributed by atoms with van der Waals surface area (Å²) in [5.41, 5.74) is 14.5. The van der Waals surface area contributed by atoms with Crippen molar-refractivity contribution in [2.75, 3.05) is 5.32 Å². The zero-order valence-corrected chi connectivity index (χ0v) is 29.6. The van der Waals surface area contributed by atoms with Crippen LogP contribution in [0.1, 0.15) is 10.9 Å². The molecule has 10 aromatic rings. The van der Waals surface area contributed by atoms with Crippen LogP contribution in [0.5, 0.6) is 0 Å². The molecule has 0 saturated heterocycles. The van der Waals surface area contributed by atoms with E-state index >= 15 is 0 Å². The van der Waals surface area contributed by atoms with Gasteiger partial charge in [-0.25, -0.2) is 0 Å². The van der Waals surface area contributed by atoms with Crippen LogP contribution in [-0.4, -0.2) is 9.13 Å². The van der Waals surface area contributed by atoms with Crippen molar-refractivity contribution in [1.29, 1.82) is 0 Å². The highest BCUT2D eigenvalue weighted by molar-refractivity contribution is 8.00. The van der Waals surface area contributed by atoms with Gasteiger partial charge in [0.1, 0.15) is 5.37 Å². The fraction of sp³-hybridized carbons (Fsp3) is 0.0204. The van der Waals surface area contributed by atoms with Crippen molar-refractivity contribution in [2.45, 2.75) is 10.3 Å². The Morgan fingerprint density at radius 2 is 0.868 bits per heavy atom. The third-order valence-corrected chi connectivity index (χ3v) is 12.0. The monoisotopic (exact) mass is 695 g/mol. The van der Waals surface area contributed by atoms with Gasteiger partial charge in [-0.2, -0.15) is 0 Å². The molecule has 0 aliphatic carbocycles. The van der Waals surface area contributed by atoms with Crippen LogP contribution >= 0.6 is 11.8 Å². The third kappa shape index (κ3) is 4.91. The Labute approximate surface area is 311 Å². The van der Waals surface area contributed by atoms with E-state index < -0.39 is 0 Å². The molecule has 0 amide bonds. The molecule has 3 nitrogen and oxygen atoms in total. The summed E-state index contributed by atoms with van der Waals surface area (Å²) in [6, 6.07) is 68.5. The number of anilines is 1. The molecule has 0 radical (unpaired) electrons. The lowest BCUT2D eigenvalue weighted by molar-refractivity contribution is 1.13. The van der Waals surface area contributed by atoms with Gasteiger partial charge in [0.25, 0.3) is 0 Å². The van der Waals surface area contributed by atoms with Crippen molar-refractivity contribution in [2.24, 2.45) is 0 Å². The van der Waals surface area contributed by atoms with Crippen LogP contribution in [-0.2, 0) is 0 Å². The highest BCUT2D eigenvalue weighted by Crippen LogP contribution is 2.48. The molecule has 1 aliphatic heterocycles. The maximum atomic E-state index is 3.69. The first-order chi connectivity index (χ1) is 26.3. The second kappa shape index (κ2) is 12.0. The fourth-order valence-electron chi connectivity index (χ4n) is 8.22. The number of para-hydroxylation sites is 2. The summed E-state index contributed by atoms with van der Waals surface area (Å²) in [6.45, 7) is 0. The molecule has 3 heterocycles. The van der Waals surface area contributed by atoms with E-state index in [9.17, 15) is 0 Å². The predicted octanol–water partition coefficient (Wildman–Crippen LogP) is 13.4. The van der Waals surface area contributed by atoms with Crippen LogP contribution in [0.4, 0.5) is 5.69 Å². The predicted molar refractivity (Wildman–Crippen MR) is 225 cm³/mol. The number of nitrogens with zero attached hydrogens (tertiary/aromatic N) is 2. The van der Waals surface area contributed by atoms with Gasteiger partial charge >= 0.3 is 0 Å². The molecule has 0 fully saturated rings. The number of benzene rings is 8. The average Bonchev–Trinajstić information content (AvgIpc) is 3.90. The van der Waals surface area contributed by atoms with E-state index in [0.717, 1.165) is 11.4 Å². The van der Waals surface area contributed by atoms with E-state index in [2.05, 4.69) is 203 Å². The minimum Gasteiger partial charge on any atom is -0.368 e. The Morgan fingerprint density at radius 3 is 1.47 bits per heavy atom. The van der Waals surface area contributed by atoms with E-state index in [0.29, 0.717) is 0 Å². The molecule has 1 unspecified atom stereocenters. The number of hydrogen-bond acceptors (Lipinski definition) is 2. The van der Waals surface area contributed by atoms with Crippen molar-refractivity contribution in [3.8, 4) is 33.6 Å². The summed E-state index contributed by atoms with van der Waals surface area (Å²) in [7, 11) is 0. The van der Waals surface area contributed by atoms with Gasteiger partial charge in [0.05, 0.1) is 22.1 Å². The number of aromatic nitrogens is 2. The minimum atomic E-state index is 0.234. The Kier molecular flexibility index (Phi) is 6.86. The van der Waals surface area contributed by atoms with E-state index in [-0.39, 0.29) is 5.37 Å². The molecule has 0 bridgehead atoms. The third-order valence-electron chi connectivity index (χ3n) is 10.8. The molecule has 1 N–H and O–H groups in total. The van der Waals surface area contributed by atoms with Crippen LogP contribution in [0, 0.1) is 0 Å². The van der Waals surface area contributed by atoms with Crippen molar-refractivity contribution in [1.82, 2.24) is 9.13 Å². The van der Waals surface area contributed by atoms with E-state index in [1.54, 1.807) is 0 Å². The standard InChI is InChI=1S/C49H33N3S/c1-3-11-32(12-4-1)33-19-24-37(25-20-33)51-44-17-9-7-15-39(44)41-30-42-40-16-8-10-18-45(40)52(47(42)31-46(41)51)38-26-21-34(22-27-38)36-23-28-43-48(29-36)53-49(50-43)35-13-5-2-6-14-35/h1-31,49-50H. The lowest BCUT2D eigenvalue weighted by Gasteiger charge is -2.12. The topological polar surface area (TPSA) is 21.9 Å². The molecule has 2 aromatic heterocycles. The van der Waals surface area contributed by atoms with E-state index in [4.69, 9.17) is 0 Å². The van der Waals surface area contributed by atoms with Gasteiger partial charge in [-0.05, 0) is 88.5 Å². The van der Waals surface area contributed by atoms with Crippen LogP contribution < -0.4 is 5.32 Å². The molecule has 4 heteroatoms. The molecule has 11 rings (SSSR count). The molecule has 250 valence electrons. The first-order valence-electron chi connectivity index (χ1n) is 18.1. The number of thioether (sulfide) groups is 1. The summed E-state index contributed by atoms with van der Waals surface area (Å²) < 4.78 is 4.86. The van der Waals surface area contributed by atoms with E-state index in [1.165, 1.54) is 82.0 Å². The number of hydrogen-bond donors (Lipinski definition) is 1. The highest BCUT2D eigenvalue weighted by Gasteiger charge is 2.23. The maximum absolute atomic E-state index is 3.69. The number of rotatable bonds is 5. The quantitative estimate of drug-likeness (QED) is 0.194. The molecule has 53 heavy (non-hydrogen) atoms. The van der Waals surface area contributed by atoms with E-state index in [1.807, 2.05) is 11.8 Å². The fourth-order valence-corrected chi connectivity index (χ4v) is 9.40. The van der Waals surface area contributed by atoms with Crippen LogP contribution in [0.2, 0.25) is 0 Å². The van der Waals surface area contributed by atoms with Crippen LogP contribution in [0.3, 0.4) is 0 Å². The molecule has 1 atom stereocenters. The first kappa shape index (κ1) is 30.2. The summed E-state index contributed by atoms with van der Waals surface area (Å²) >= 11 is 1.89. The summed E-state index contributed by atoms with van der Waals surface area (Å²) in [4.78, 5) is 1.29. The Hall–Kier alpha value is -6.49. The number of nitrogens with one attached hydrogen (secondary N) is 1. The lowest BCUT2D eigenvalue weighted by Crippen LogP contribution is -2.00. The van der Waals surface area contributed by atoms with Crippen molar-refractivity contribution >= 4 is 61.1 Å². The maximum Gasteiger partial charge on any atom is 0.103 e. The summed E-state index contributed by atoms with van der Waals surface area (Å²) in [6.07, 6.45) is 0. The molecular formula is C49H33N3S. The number of fused-ring (bicyclic) bond motifs is 7. The van der Waals surface area contributed by atoms with Gasteiger partial charge in [0, 0.05) is 43.5 Å². The summed E-state index contributed by atoms with van der Waals surface area (Å²) in [5, 5.41) is 8.97. The Morgan fingerprint density at radius 1 is 0.377 bits per heavy atom. The second-order valence-corrected chi connectivity index (χ2v) is 15.0. The van der Waals surface area contributed by atoms with Crippen molar-refractivity contribution in [3.63, 3.8) is 0 Å². The normalized spacial score (nSPS) is 13.9. The van der Waals surface area contributed by atoms with Crippen LogP contribution in [0.15, 0.2) is 193 Å². The SMILES string of the molecule is c1ccc(-c2ccc(-n3c4ccccc4c4cc5c6ccccc6n(-c6ccc(-c7ccc8c(c7)SC(c7ccccc7)N8)cc6)c5cc43)cc2)cc1. The van der Waals surface area contributed by atoms with Crippen molar-refractivity contribution < 1.29 is 0 Å². The minimum absolute atomic E-state index is 0.234. The largest absolute Gasteiger partial charge is 0.368 e. The first-order valence-corrected chi connectivity index (χ1v) is 19.0. The Bertz CT molecular complexity index is 2980. The molecule has 8 aromatic carbocycles. The van der Waals surface area contributed by atoms with Gasteiger partial charge in [0.2, 0.25) is 0 Å². The average molecular weight is 696 g/mol. The zero-order valence-electron chi connectivity index (χ0n) is 28.8. The molecule has 0 spiro atoms. The summed E-state index contributed by atoms with van der Waals surface area (Å²) in [5.74, 6) is 0. The second-order valence-electron chi connectivity index (χ2n) is 13.8. The van der Waals surface area contributed by atoms with Gasteiger partial charge in [0.15, 0.2) is 0 Å². The molecule has 1 aliphatic rings.